The van der Waals surface area contributed by atoms with Crippen LogP contribution in [0.4, 0.5) is 0 Å². The molecule has 0 unspecified atom stereocenters. The normalized spacial score (nSPS) is 7.57. The smallest absolute Gasteiger partial charge is 1.00 e. The zero-order chi connectivity index (χ0) is 4.41. The predicted octanol–water partition coefficient (Wildman–Crippen LogP) is -0.827. The van der Waals surface area contributed by atoms with Crippen molar-refractivity contribution in [1.29, 1.82) is 0 Å². The molecule has 0 spiro atoms. The molecule has 0 saturated carbocycles. The van der Waals surface area contributed by atoms with Crippen LogP contribution in [0, 0.1) is 6.92 Å². The maximum atomic E-state index is 2.10. The summed E-state index contributed by atoms with van der Waals surface area (Å²) in [6.07, 6.45) is 0. The molecule has 1 rings (SSSR count). The zero-order valence-corrected chi connectivity index (χ0v) is 5.46. The summed E-state index contributed by atoms with van der Waals surface area (Å²) < 4.78 is 0. The summed E-state index contributed by atoms with van der Waals surface area (Å²) in [5, 5.41) is 2.08. The van der Waals surface area contributed by atoms with Crippen molar-refractivity contribution in [2.75, 3.05) is 0 Å². The van der Waals surface area contributed by atoms with Crippen molar-refractivity contribution in [2.45, 2.75) is 6.92 Å². The molecule has 0 atom stereocenters. The van der Waals surface area contributed by atoms with E-state index < -0.39 is 0 Å². The van der Waals surface area contributed by atoms with E-state index in [0.717, 1.165) is 0 Å². The van der Waals surface area contributed by atoms with Crippen LogP contribution < -0.4 is 18.9 Å². The number of thiophene rings is 1. The van der Waals surface area contributed by atoms with E-state index in [1.165, 1.54) is 4.88 Å². The Morgan fingerprint density at radius 1 is 1.71 bits per heavy atom. The Labute approximate surface area is 61.2 Å². The summed E-state index contributed by atoms with van der Waals surface area (Å²) in [5.74, 6) is 0. The van der Waals surface area contributed by atoms with E-state index in [0.29, 0.717) is 0 Å². The van der Waals surface area contributed by atoms with Crippen molar-refractivity contribution in [1.82, 2.24) is 0 Å². The molecule has 1 aromatic heterocycles. The third-order valence-electron chi connectivity index (χ3n) is 0.663. The van der Waals surface area contributed by atoms with Crippen LogP contribution >= 0.6 is 11.3 Å². The molecule has 0 saturated heterocycles. The van der Waals surface area contributed by atoms with Gasteiger partial charge in [0.2, 0.25) is 0 Å². The molecule has 1 heterocycles. The number of rotatable bonds is 0. The van der Waals surface area contributed by atoms with Crippen molar-refractivity contribution in [3.8, 4) is 0 Å². The first-order chi connectivity index (χ1) is 2.89. The van der Waals surface area contributed by atoms with Gasteiger partial charge < -0.3 is 1.43 Å². The van der Waals surface area contributed by atoms with Crippen LogP contribution in [-0.4, -0.2) is 0 Å². The first-order valence-corrected chi connectivity index (χ1v) is 2.77. The molecule has 0 aliphatic heterocycles. The summed E-state index contributed by atoms with van der Waals surface area (Å²) in [5.41, 5.74) is 0. The minimum atomic E-state index is 0. The first-order valence-electron chi connectivity index (χ1n) is 1.90. The summed E-state index contributed by atoms with van der Waals surface area (Å²) in [6.45, 7) is 2.10. The number of hydrogen-bond donors (Lipinski definition) is 0. The van der Waals surface area contributed by atoms with Crippen LogP contribution in [0.1, 0.15) is 6.30 Å². The Morgan fingerprint density at radius 3 is 2.57 bits per heavy atom. The molecule has 0 nitrogen and oxygen atoms in total. The quantitative estimate of drug-likeness (QED) is 0.379. The van der Waals surface area contributed by atoms with E-state index in [9.17, 15) is 0 Å². The van der Waals surface area contributed by atoms with Crippen molar-refractivity contribution in [3.05, 3.63) is 22.4 Å². The van der Waals surface area contributed by atoms with Crippen LogP contribution in [0.5, 0.6) is 0 Å². The van der Waals surface area contributed by atoms with E-state index in [4.69, 9.17) is 0 Å². The average Bonchev–Trinajstić information content (AvgIpc) is 1.86. The maximum Gasteiger partial charge on any atom is 1.00 e. The molecular formula is C5H7LiS. The molecule has 1 aromatic rings. The maximum absolute atomic E-state index is 2.10. The SMILES string of the molecule is Cc1cccs1.[H-].[Li+]. The fourth-order valence-corrected chi connectivity index (χ4v) is 0.890. The Kier molecular flexibility index (Phi) is 3.46. The third kappa shape index (κ3) is 2.18. The molecule has 0 aromatic carbocycles. The van der Waals surface area contributed by atoms with Gasteiger partial charge in [0.25, 0.3) is 0 Å². The number of aryl methyl sites for hydroxylation is 1. The van der Waals surface area contributed by atoms with Gasteiger partial charge >= 0.3 is 18.9 Å². The van der Waals surface area contributed by atoms with Gasteiger partial charge in [-0.2, -0.15) is 0 Å². The van der Waals surface area contributed by atoms with Gasteiger partial charge in [-0.15, -0.1) is 11.3 Å². The number of hydrogen-bond acceptors (Lipinski definition) is 1. The van der Waals surface area contributed by atoms with Gasteiger partial charge in [0.15, 0.2) is 0 Å². The predicted molar refractivity (Wildman–Crippen MR) is 30.2 cm³/mol. The Hall–Kier alpha value is 0.297. The molecule has 0 aliphatic rings. The van der Waals surface area contributed by atoms with E-state index in [1.807, 2.05) is 0 Å². The van der Waals surface area contributed by atoms with Crippen LogP contribution in [0.2, 0.25) is 0 Å². The van der Waals surface area contributed by atoms with E-state index >= 15 is 0 Å². The van der Waals surface area contributed by atoms with E-state index in [1.54, 1.807) is 11.3 Å². The van der Waals surface area contributed by atoms with Crippen molar-refractivity contribution in [2.24, 2.45) is 0 Å². The van der Waals surface area contributed by atoms with E-state index in [-0.39, 0.29) is 20.3 Å². The van der Waals surface area contributed by atoms with Gasteiger partial charge in [0, 0.05) is 4.88 Å². The van der Waals surface area contributed by atoms with Crippen LogP contribution in [0.3, 0.4) is 0 Å². The molecule has 0 radical (unpaired) electrons. The largest absolute Gasteiger partial charge is 1.00 e. The van der Waals surface area contributed by atoms with Gasteiger partial charge in [-0.25, -0.2) is 0 Å². The molecule has 0 N–H and O–H groups in total. The van der Waals surface area contributed by atoms with Crippen LogP contribution in [-0.2, 0) is 0 Å². The van der Waals surface area contributed by atoms with Gasteiger partial charge in [-0.05, 0) is 18.4 Å². The standard InChI is InChI=1S/C5H6S.Li.H/c1-5-3-2-4-6-5;;/h2-4H,1H3;;/q;+1;-1. The Balaban J connectivity index is 0. The van der Waals surface area contributed by atoms with Gasteiger partial charge in [-0.3, -0.25) is 0 Å². The van der Waals surface area contributed by atoms with Crippen LogP contribution in [0.15, 0.2) is 17.5 Å². The minimum absolute atomic E-state index is 0. The van der Waals surface area contributed by atoms with E-state index in [2.05, 4.69) is 24.4 Å². The molecule has 0 bridgehead atoms. The second-order valence-corrected chi connectivity index (χ2v) is 2.38. The van der Waals surface area contributed by atoms with Gasteiger partial charge in [0.1, 0.15) is 0 Å². The summed E-state index contributed by atoms with van der Waals surface area (Å²) >= 11 is 1.78. The zero-order valence-electron chi connectivity index (χ0n) is 5.64. The summed E-state index contributed by atoms with van der Waals surface area (Å²) in [6, 6.07) is 4.16. The van der Waals surface area contributed by atoms with Crippen molar-refractivity contribution >= 4 is 11.3 Å². The molecule has 0 fully saturated rings. The minimum Gasteiger partial charge on any atom is -1.00 e. The van der Waals surface area contributed by atoms with Crippen LogP contribution in [0.25, 0.3) is 0 Å². The average molecular weight is 106 g/mol. The fourth-order valence-electron chi connectivity index (χ4n) is 0.361. The fraction of sp³-hybridized carbons (Fsp3) is 0.200. The summed E-state index contributed by atoms with van der Waals surface area (Å²) in [7, 11) is 0. The monoisotopic (exact) mass is 106 g/mol. The molecule has 0 aliphatic carbocycles. The second kappa shape index (κ2) is 3.32. The van der Waals surface area contributed by atoms with Gasteiger partial charge in [0.05, 0.1) is 0 Å². The Bertz CT molecular complexity index is 116. The first kappa shape index (κ1) is 7.30. The Morgan fingerprint density at radius 2 is 2.43 bits per heavy atom. The van der Waals surface area contributed by atoms with Crippen molar-refractivity contribution in [3.63, 3.8) is 0 Å². The van der Waals surface area contributed by atoms with Crippen molar-refractivity contribution < 1.29 is 20.3 Å². The van der Waals surface area contributed by atoms with Gasteiger partial charge in [-0.1, -0.05) is 6.07 Å². The molecule has 0 amide bonds. The summed E-state index contributed by atoms with van der Waals surface area (Å²) in [4.78, 5) is 1.38. The topological polar surface area (TPSA) is 0 Å². The second-order valence-electron chi connectivity index (χ2n) is 1.22. The third-order valence-corrected chi connectivity index (χ3v) is 1.46. The molecular weight excluding hydrogens is 99.1 g/mol. The molecule has 7 heavy (non-hydrogen) atoms. The molecule has 34 valence electrons. The molecule has 2 heteroatoms.